The Bertz CT molecular complexity index is 613. The molecule has 0 bridgehead atoms. The minimum atomic E-state index is -0.0000365. The van der Waals surface area contributed by atoms with Crippen LogP contribution in [0.1, 0.15) is 22.3 Å². The van der Waals surface area contributed by atoms with E-state index in [2.05, 4.69) is 16.4 Å². The molecular formula is C13H12N4OS. The average Bonchev–Trinajstić information content (AvgIpc) is 3.09. The number of hydrogen-bond acceptors (Lipinski definition) is 5. The minimum absolute atomic E-state index is 0.0000365. The van der Waals surface area contributed by atoms with Crippen molar-refractivity contribution in [1.29, 1.82) is 5.26 Å². The number of hydrogen-bond donors (Lipinski definition) is 0. The number of thioether (sulfide) groups is 1. The minimum Gasteiger partial charge on any atom is -0.360 e. The monoisotopic (exact) mass is 272 g/mol. The van der Waals surface area contributed by atoms with Crippen LogP contribution in [-0.2, 0) is 11.3 Å². The molecule has 19 heavy (non-hydrogen) atoms. The average molecular weight is 272 g/mol. The summed E-state index contributed by atoms with van der Waals surface area (Å²) in [4.78, 5) is 0. The molecule has 96 valence electrons. The maximum absolute atomic E-state index is 9.06. The van der Waals surface area contributed by atoms with E-state index < -0.39 is 0 Å². The molecule has 0 N–H and O–H groups in total. The Kier molecular flexibility index (Phi) is 3.49. The van der Waals surface area contributed by atoms with Gasteiger partial charge in [0.2, 0.25) is 0 Å². The zero-order valence-electron chi connectivity index (χ0n) is 10.2. The van der Waals surface area contributed by atoms with Crippen LogP contribution < -0.4 is 0 Å². The van der Waals surface area contributed by atoms with Gasteiger partial charge in [0.15, 0.2) is 0 Å². The van der Waals surface area contributed by atoms with Gasteiger partial charge >= 0.3 is 0 Å². The van der Waals surface area contributed by atoms with Crippen molar-refractivity contribution in [3.05, 3.63) is 47.3 Å². The quantitative estimate of drug-likeness (QED) is 0.854. The Balaban J connectivity index is 1.78. The maximum Gasteiger partial charge on any atom is 0.148 e. The van der Waals surface area contributed by atoms with Gasteiger partial charge in [-0.15, -0.1) is 16.9 Å². The van der Waals surface area contributed by atoms with Gasteiger partial charge in [-0.2, -0.15) is 5.26 Å². The van der Waals surface area contributed by atoms with Crippen LogP contribution in [0.15, 0.2) is 30.5 Å². The van der Waals surface area contributed by atoms with Gasteiger partial charge in [0, 0.05) is 5.75 Å². The molecule has 1 aliphatic rings. The summed E-state index contributed by atoms with van der Waals surface area (Å²) in [6.45, 7) is 1.31. The highest BCUT2D eigenvalue weighted by atomic mass is 32.2. The number of nitrogens with zero attached hydrogens (tertiary/aromatic N) is 4. The normalized spacial score (nSPS) is 18.4. The Labute approximate surface area is 115 Å². The highest BCUT2D eigenvalue weighted by Gasteiger charge is 2.21. The van der Waals surface area contributed by atoms with Crippen LogP contribution in [0, 0.1) is 11.3 Å². The summed E-state index contributed by atoms with van der Waals surface area (Å²) in [5.41, 5.74) is 2.46. The van der Waals surface area contributed by atoms with Gasteiger partial charge in [-0.3, -0.25) is 0 Å². The van der Waals surface area contributed by atoms with E-state index in [-0.39, 0.29) is 5.44 Å². The van der Waals surface area contributed by atoms with Crippen molar-refractivity contribution in [2.45, 2.75) is 12.0 Å². The third-order valence-electron chi connectivity index (χ3n) is 2.89. The van der Waals surface area contributed by atoms with Crippen LogP contribution in [0.3, 0.4) is 0 Å². The lowest BCUT2D eigenvalue weighted by Crippen LogP contribution is -2.02. The Morgan fingerprint density at radius 2 is 2.37 bits per heavy atom. The van der Waals surface area contributed by atoms with Crippen LogP contribution in [0.4, 0.5) is 0 Å². The van der Waals surface area contributed by atoms with Crippen molar-refractivity contribution in [2.75, 3.05) is 12.4 Å². The number of benzene rings is 1. The molecule has 3 rings (SSSR count). The summed E-state index contributed by atoms with van der Waals surface area (Å²) >= 11 is 1.73. The van der Waals surface area contributed by atoms with Gasteiger partial charge in [-0.25, -0.2) is 4.68 Å². The molecule has 0 spiro atoms. The summed E-state index contributed by atoms with van der Waals surface area (Å²) in [7, 11) is 0. The Morgan fingerprint density at radius 1 is 1.47 bits per heavy atom. The molecule has 0 amide bonds. The molecule has 0 aliphatic carbocycles. The van der Waals surface area contributed by atoms with Gasteiger partial charge in [-0.05, 0) is 11.6 Å². The van der Waals surface area contributed by atoms with E-state index in [1.165, 1.54) is 0 Å². The first-order valence-corrected chi connectivity index (χ1v) is 7.03. The molecule has 1 saturated heterocycles. The largest absolute Gasteiger partial charge is 0.360 e. The van der Waals surface area contributed by atoms with E-state index in [9.17, 15) is 0 Å². The second-order valence-corrected chi connectivity index (χ2v) is 5.35. The summed E-state index contributed by atoms with van der Waals surface area (Å²) in [5.74, 6) is 0.995. The van der Waals surface area contributed by atoms with Crippen LogP contribution in [-0.4, -0.2) is 27.4 Å². The van der Waals surface area contributed by atoms with Gasteiger partial charge in [0.05, 0.1) is 31.0 Å². The first kappa shape index (κ1) is 12.2. The fourth-order valence-corrected chi connectivity index (χ4v) is 2.85. The highest BCUT2D eigenvalue weighted by Crippen LogP contribution is 2.33. The molecule has 0 unspecified atom stereocenters. The lowest BCUT2D eigenvalue weighted by atomic mass is 10.1. The first-order chi connectivity index (χ1) is 9.36. The second-order valence-electron chi connectivity index (χ2n) is 4.18. The Morgan fingerprint density at radius 3 is 3.16 bits per heavy atom. The van der Waals surface area contributed by atoms with Gasteiger partial charge in [0.1, 0.15) is 11.1 Å². The maximum atomic E-state index is 9.06. The van der Waals surface area contributed by atoms with Crippen molar-refractivity contribution in [3.63, 3.8) is 0 Å². The molecule has 1 aromatic carbocycles. The SMILES string of the molecule is N#Cc1ccccc1Cn1cc([C@@H]2OCCS2)nn1. The van der Waals surface area contributed by atoms with Crippen molar-refractivity contribution < 1.29 is 4.74 Å². The molecule has 1 fully saturated rings. The van der Waals surface area contributed by atoms with E-state index in [1.54, 1.807) is 16.4 Å². The van der Waals surface area contributed by atoms with Gasteiger partial charge < -0.3 is 4.74 Å². The van der Waals surface area contributed by atoms with Crippen LogP contribution in [0.2, 0.25) is 0 Å². The topological polar surface area (TPSA) is 63.7 Å². The standard InChI is InChI=1S/C13H12N4OS/c14-7-10-3-1-2-4-11(10)8-17-9-12(15-16-17)13-18-5-6-19-13/h1-4,9,13H,5-6,8H2/t13-/m1/s1. The van der Waals surface area contributed by atoms with E-state index >= 15 is 0 Å². The van der Waals surface area contributed by atoms with Crippen molar-refractivity contribution in [3.8, 4) is 6.07 Å². The summed E-state index contributed by atoms with van der Waals surface area (Å²) in [5, 5.41) is 17.3. The lowest BCUT2D eigenvalue weighted by Gasteiger charge is -2.04. The summed E-state index contributed by atoms with van der Waals surface area (Å²) < 4.78 is 7.29. The zero-order chi connectivity index (χ0) is 13.1. The fourth-order valence-electron chi connectivity index (χ4n) is 1.97. The fraction of sp³-hybridized carbons (Fsp3) is 0.308. The molecule has 0 radical (unpaired) electrons. The Hall–Kier alpha value is -1.84. The molecule has 1 aliphatic heterocycles. The van der Waals surface area contributed by atoms with Crippen LogP contribution >= 0.6 is 11.8 Å². The van der Waals surface area contributed by atoms with E-state index in [4.69, 9.17) is 10.00 Å². The third kappa shape index (κ3) is 2.62. The molecular weight excluding hydrogens is 260 g/mol. The number of rotatable bonds is 3. The lowest BCUT2D eigenvalue weighted by molar-refractivity contribution is 0.142. The molecule has 1 atom stereocenters. The van der Waals surface area contributed by atoms with E-state index in [1.807, 2.05) is 30.5 Å². The number of aromatic nitrogens is 3. The first-order valence-electron chi connectivity index (χ1n) is 5.98. The zero-order valence-corrected chi connectivity index (χ0v) is 11.0. The molecule has 6 heteroatoms. The molecule has 0 saturated carbocycles. The van der Waals surface area contributed by atoms with Crippen molar-refractivity contribution >= 4 is 11.8 Å². The van der Waals surface area contributed by atoms with Crippen LogP contribution in [0.25, 0.3) is 0 Å². The smallest absolute Gasteiger partial charge is 0.148 e. The molecule has 1 aromatic heterocycles. The highest BCUT2D eigenvalue weighted by molar-refractivity contribution is 7.99. The van der Waals surface area contributed by atoms with E-state index in [0.29, 0.717) is 12.1 Å². The predicted molar refractivity (Wildman–Crippen MR) is 71.4 cm³/mol. The number of nitriles is 1. The van der Waals surface area contributed by atoms with E-state index in [0.717, 1.165) is 23.6 Å². The molecule has 2 aromatic rings. The molecule has 2 heterocycles. The van der Waals surface area contributed by atoms with Gasteiger partial charge in [-0.1, -0.05) is 23.4 Å². The van der Waals surface area contributed by atoms with Crippen LogP contribution in [0.5, 0.6) is 0 Å². The number of ether oxygens (including phenoxy) is 1. The van der Waals surface area contributed by atoms with Crippen molar-refractivity contribution in [1.82, 2.24) is 15.0 Å². The predicted octanol–water partition coefficient (Wildman–Crippen LogP) is 1.96. The summed E-state index contributed by atoms with van der Waals surface area (Å²) in [6.07, 6.45) is 1.89. The molecule has 5 nitrogen and oxygen atoms in total. The summed E-state index contributed by atoms with van der Waals surface area (Å²) in [6, 6.07) is 9.71. The third-order valence-corrected chi connectivity index (χ3v) is 3.97. The second kappa shape index (κ2) is 5.43. The van der Waals surface area contributed by atoms with Gasteiger partial charge in [0.25, 0.3) is 0 Å². The van der Waals surface area contributed by atoms with Crippen molar-refractivity contribution in [2.24, 2.45) is 0 Å².